The molecule has 0 spiro atoms. The number of rotatable bonds is 6. The van der Waals surface area contributed by atoms with Gasteiger partial charge in [-0.1, -0.05) is 0 Å². The van der Waals surface area contributed by atoms with Gasteiger partial charge in [0.15, 0.2) is 6.61 Å². The predicted octanol–water partition coefficient (Wildman–Crippen LogP) is 1.46. The second-order valence-electron chi connectivity index (χ2n) is 9.05. The van der Waals surface area contributed by atoms with E-state index in [0.29, 0.717) is 17.8 Å². The van der Waals surface area contributed by atoms with E-state index < -0.39 is 30.2 Å². The molecule has 3 amide bonds. The maximum absolute atomic E-state index is 12.9. The van der Waals surface area contributed by atoms with Gasteiger partial charge in [-0.3, -0.25) is 30.0 Å². The Balaban J connectivity index is 1.16. The number of halogens is 1. The molecule has 9 heteroatoms. The molecule has 166 valence electrons. The predicted molar refractivity (Wildman–Crippen MR) is 107 cm³/mol. The topological polar surface area (TPSA) is 114 Å². The van der Waals surface area contributed by atoms with Crippen molar-refractivity contribution < 1.29 is 28.3 Å². The summed E-state index contributed by atoms with van der Waals surface area (Å²) in [5.41, 5.74) is 4.06. The molecule has 4 fully saturated rings. The number of nitrogens with one attached hydrogen (secondary N) is 3. The van der Waals surface area contributed by atoms with Crippen molar-refractivity contribution in [2.24, 2.45) is 23.2 Å². The smallest absolute Gasteiger partial charge is 0.325 e. The lowest BCUT2D eigenvalue weighted by Crippen LogP contribution is -2.54. The van der Waals surface area contributed by atoms with Crippen LogP contribution < -0.4 is 16.2 Å². The summed E-state index contributed by atoms with van der Waals surface area (Å²) in [5.74, 6) is -0.799. The first kappa shape index (κ1) is 21.3. The van der Waals surface area contributed by atoms with Gasteiger partial charge in [0.2, 0.25) is 5.91 Å². The summed E-state index contributed by atoms with van der Waals surface area (Å²) in [6.45, 7) is -0.897. The highest BCUT2D eigenvalue weighted by Crippen LogP contribution is 2.60. The maximum Gasteiger partial charge on any atom is 0.325 e. The van der Waals surface area contributed by atoms with Crippen molar-refractivity contribution in [1.82, 2.24) is 16.2 Å². The molecule has 5 rings (SSSR count). The van der Waals surface area contributed by atoms with Gasteiger partial charge in [-0.2, -0.15) is 0 Å². The minimum absolute atomic E-state index is 0.0837. The van der Waals surface area contributed by atoms with Gasteiger partial charge in [0.05, 0.1) is 0 Å². The molecule has 0 aliphatic heterocycles. The Labute approximate surface area is 179 Å². The first-order chi connectivity index (χ1) is 14.8. The van der Waals surface area contributed by atoms with Crippen LogP contribution in [0.15, 0.2) is 24.3 Å². The number of carbonyl (C=O) groups is 4. The third kappa shape index (κ3) is 4.86. The van der Waals surface area contributed by atoms with Gasteiger partial charge in [-0.25, -0.2) is 4.39 Å². The van der Waals surface area contributed by atoms with Crippen LogP contribution in [0.2, 0.25) is 0 Å². The zero-order chi connectivity index (χ0) is 22.0. The first-order valence-electron chi connectivity index (χ1n) is 10.6. The second kappa shape index (κ2) is 8.64. The SMILES string of the molecule is O=C(COC(=O)CNC(=O)C12CC3CC(CC(C3)C1)C2)NNC(=O)c1ccc(F)cc1. The van der Waals surface area contributed by atoms with Gasteiger partial charge in [-0.05, 0) is 80.5 Å². The lowest BCUT2D eigenvalue weighted by Gasteiger charge is -2.55. The summed E-state index contributed by atoms with van der Waals surface area (Å²) in [4.78, 5) is 48.3. The highest BCUT2D eigenvalue weighted by atomic mass is 19.1. The Bertz CT molecular complexity index is 850. The molecule has 1 aromatic carbocycles. The lowest BCUT2D eigenvalue weighted by atomic mass is 9.49. The third-order valence-corrected chi connectivity index (χ3v) is 6.70. The zero-order valence-electron chi connectivity index (χ0n) is 17.1. The quantitative estimate of drug-likeness (QED) is 0.466. The highest BCUT2D eigenvalue weighted by molar-refractivity contribution is 5.95. The van der Waals surface area contributed by atoms with E-state index in [0.717, 1.165) is 31.4 Å². The lowest BCUT2D eigenvalue weighted by molar-refractivity contribution is -0.152. The number of amides is 3. The number of hydrazine groups is 1. The van der Waals surface area contributed by atoms with Gasteiger partial charge >= 0.3 is 5.97 Å². The summed E-state index contributed by atoms with van der Waals surface area (Å²) < 4.78 is 17.7. The van der Waals surface area contributed by atoms with E-state index in [1.54, 1.807) is 0 Å². The van der Waals surface area contributed by atoms with Crippen molar-refractivity contribution in [2.45, 2.75) is 38.5 Å². The standard InChI is InChI=1S/C22H26FN3O5/c23-17-3-1-16(2-4-17)20(29)26-25-18(27)12-31-19(28)11-24-21(30)22-8-13-5-14(9-22)7-15(6-13)10-22/h1-4,13-15H,5-12H2,(H,24,30)(H,25,27)(H,26,29). The summed E-state index contributed by atoms with van der Waals surface area (Å²) >= 11 is 0. The Morgan fingerprint density at radius 3 is 2.10 bits per heavy atom. The van der Waals surface area contributed by atoms with E-state index in [2.05, 4.69) is 16.2 Å². The number of hydrogen-bond acceptors (Lipinski definition) is 5. The Hall–Kier alpha value is -2.97. The average molecular weight is 431 g/mol. The van der Waals surface area contributed by atoms with Crippen molar-refractivity contribution in [3.05, 3.63) is 35.6 Å². The molecule has 4 aliphatic carbocycles. The minimum Gasteiger partial charge on any atom is -0.454 e. The van der Waals surface area contributed by atoms with Crippen molar-refractivity contribution in [2.75, 3.05) is 13.2 Å². The number of hydrogen-bond donors (Lipinski definition) is 3. The molecule has 31 heavy (non-hydrogen) atoms. The molecule has 0 heterocycles. The minimum atomic E-state index is -0.740. The summed E-state index contributed by atoms with van der Waals surface area (Å²) in [6.07, 6.45) is 6.37. The monoisotopic (exact) mass is 431 g/mol. The summed E-state index contributed by atoms with van der Waals surface area (Å²) in [7, 11) is 0. The van der Waals surface area contributed by atoms with Crippen molar-refractivity contribution in [1.29, 1.82) is 0 Å². The van der Waals surface area contributed by atoms with E-state index in [9.17, 15) is 23.6 Å². The second-order valence-corrected chi connectivity index (χ2v) is 9.05. The van der Waals surface area contributed by atoms with Crippen LogP contribution >= 0.6 is 0 Å². The van der Waals surface area contributed by atoms with Gasteiger partial charge in [-0.15, -0.1) is 0 Å². The fraction of sp³-hybridized carbons (Fsp3) is 0.545. The fourth-order valence-electron chi connectivity index (χ4n) is 5.76. The van der Waals surface area contributed by atoms with Gasteiger partial charge in [0.1, 0.15) is 12.4 Å². The molecule has 8 nitrogen and oxygen atoms in total. The molecule has 3 N–H and O–H groups in total. The zero-order valence-corrected chi connectivity index (χ0v) is 17.1. The molecule has 1 aromatic rings. The molecule has 4 saturated carbocycles. The Kier molecular flexibility index (Phi) is 5.93. The van der Waals surface area contributed by atoms with E-state index in [1.807, 2.05) is 0 Å². The van der Waals surface area contributed by atoms with Crippen molar-refractivity contribution in [3.8, 4) is 0 Å². The molecule has 4 aliphatic rings. The number of carbonyl (C=O) groups excluding carboxylic acids is 4. The average Bonchev–Trinajstić information content (AvgIpc) is 2.73. The van der Waals surface area contributed by atoms with Crippen LogP contribution in [0.3, 0.4) is 0 Å². The number of ether oxygens (including phenoxy) is 1. The Morgan fingerprint density at radius 2 is 1.52 bits per heavy atom. The van der Waals surface area contributed by atoms with Crippen LogP contribution in [0.5, 0.6) is 0 Å². The normalized spacial score (nSPS) is 28.0. The highest BCUT2D eigenvalue weighted by Gasteiger charge is 2.54. The van der Waals surface area contributed by atoms with Gasteiger partial charge in [0.25, 0.3) is 11.8 Å². The van der Waals surface area contributed by atoms with E-state index in [-0.39, 0.29) is 23.4 Å². The molecule has 0 atom stereocenters. The molecule has 0 saturated heterocycles. The van der Waals surface area contributed by atoms with Crippen LogP contribution in [0.4, 0.5) is 4.39 Å². The largest absolute Gasteiger partial charge is 0.454 e. The van der Waals surface area contributed by atoms with Crippen LogP contribution in [0, 0.1) is 29.0 Å². The first-order valence-corrected chi connectivity index (χ1v) is 10.6. The van der Waals surface area contributed by atoms with Crippen LogP contribution in [0.25, 0.3) is 0 Å². The maximum atomic E-state index is 12.9. The molecule has 0 aromatic heterocycles. The van der Waals surface area contributed by atoms with E-state index >= 15 is 0 Å². The molecular weight excluding hydrogens is 405 g/mol. The van der Waals surface area contributed by atoms with Crippen molar-refractivity contribution in [3.63, 3.8) is 0 Å². The molecule has 0 radical (unpaired) electrons. The van der Waals surface area contributed by atoms with E-state index in [4.69, 9.17) is 4.74 Å². The molecule has 4 bridgehead atoms. The van der Waals surface area contributed by atoms with Gasteiger partial charge in [0, 0.05) is 11.0 Å². The summed E-state index contributed by atoms with van der Waals surface area (Å²) in [6, 6.07) is 4.78. The van der Waals surface area contributed by atoms with Crippen molar-refractivity contribution >= 4 is 23.7 Å². The van der Waals surface area contributed by atoms with E-state index in [1.165, 1.54) is 31.4 Å². The number of esters is 1. The number of benzene rings is 1. The molecule has 0 unspecified atom stereocenters. The molecular formula is C22H26FN3O5. The van der Waals surface area contributed by atoms with Crippen LogP contribution in [-0.4, -0.2) is 36.8 Å². The van der Waals surface area contributed by atoms with Crippen LogP contribution in [0.1, 0.15) is 48.9 Å². The summed E-state index contributed by atoms with van der Waals surface area (Å²) in [5, 5.41) is 2.69. The third-order valence-electron chi connectivity index (χ3n) is 6.70. The fourth-order valence-corrected chi connectivity index (χ4v) is 5.76. The van der Waals surface area contributed by atoms with Crippen LogP contribution in [-0.2, 0) is 19.1 Å². The van der Waals surface area contributed by atoms with Gasteiger partial charge < -0.3 is 10.1 Å². The Morgan fingerprint density at radius 1 is 0.935 bits per heavy atom.